The van der Waals surface area contributed by atoms with Crippen LogP contribution in [0.25, 0.3) is 0 Å². The predicted molar refractivity (Wildman–Crippen MR) is 177 cm³/mol. The molecule has 2 aromatic rings. The van der Waals surface area contributed by atoms with Gasteiger partial charge in [-0.15, -0.1) is 0 Å². The number of hydrogen-bond acceptors (Lipinski definition) is 9. The number of rotatable bonds is 7. The first kappa shape index (κ1) is 33.3. The number of likely N-dealkylation sites (tertiary alicyclic amines) is 1. The highest BCUT2D eigenvalue weighted by Gasteiger charge is 2.33. The first-order valence-electron chi connectivity index (χ1n) is 16.4. The number of phenols is 1. The van der Waals surface area contributed by atoms with Gasteiger partial charge in [-0.3, -0.25) is 9.59 Å². The molecule has 12 heteroatoms. The molecule has 0 radical (unpaired) electrons. The molecule has 12 nitrogen and oxygen atoms in total. The van der Waals surface area contributed by atoms with E-state index in [0.717, 1.165) is 56.0 Å². The van der Waals surface area contributed by atoms with Crippen molar-refractivity contribution in [2.75, 3.05) is 63.1 Å². The minimum atomic E-state index is -0.645. The summed E-state index contributed by atoms with van der Waals surface area (Å²) < 4.78 is 5.72. The van der Waals surface area contributed by atoms with Crippen molar-refractivity contribution in [1.82, 2.24) is 25.0 Å². The normalized spacial score (nSPS) is 19.4. The number of likely N-dealkylation sites (N-methyl/N-ethyl adjacent to an activating group) is 1. The molecule has 0 bridgehead atoms. The van der Waals surface area contributed by atoms with E-state index in [1.54, 1.807) is 24.0 Å². The van der Waals surface area contributed by atoms with E-state index in [4.69, 9.17) is 9.72 Å². The minimum Gasteiger partial charge on any atom is -0.508 e. The number of carbonyl (C=O) groups is 3. The van der Waals surface area contributed by atoms with Crippen LogP contribution in [0.2, 0.25) is 0 Å². The Morgan fingerprint density at radius 3 is 2.39 bits per heavy atom. The number of aromatic nitrogens is 1. The molecule has 2 saturated heterocycles. The van der Waals surface area contributed by atoms with E-state index in [1.165, 1.54) is 0 Å². The maximum Gasteiger partial charge on any atom is 0.410 e. The molecular weight excluding hydrogens is 586 g/mol. The van der Waals surface area contributed by atoms with E-state index in [9.17, 15) is 19.5 Å². The smallest absolute Gasteiger partial charge is 0.410 e. The van der Waals surface area contributed by atoms with Gasteiger partial charge in [0, 0.05) is 76.9 Å². The summed E-state index contributed by atoms with van der Waals surface area (Å²) in [5.41, 5.74) is 1.85. The van der Waals surface area contributed by atoms with Crippen LogP contribution in [0.1, 0.15) is 68.4 Å². The maximum atomic E-state index is 13.6. The standard InChI is InChI=1S/C34H49N7O5/c1-23(42)39-12-9-27(10-13-39)36-30-20-25(21-31(37-30)40-16-14-38(5)15-17-40)32(44)35-11-8-28-18-24-6-7-29(43)19-26(24)22-41(28)33(45)46-34(2,3)4/h6-7,19-21,27-28,43H,8-18,22H2,1-5H3,(H,35,44)(H,36,37)/t28-/m1/s1. The van der Waals surface area contributed by atoms with E-state index in [2.05, 4.69) is 27.5 Å². The number of amides is 3. The highest BCUT2D eigenvalue weighted by Crippen LogP contribution is 2.29. The van der Waals surface area contributed by atoms with Crippen LogP contribution < -0.4 is 15.5 Å². The van der Waals surface area contributed by atoms with Crippen molar-refractivity contribution >= 4 is 29.5 Å². The number of ether oxygens (including phenoxy) is 1. The first-order chi connectivity index (χ1) is 21.8. The minimum absolute atomic E-state index is 0.0959. The number of aromatic hydroxyl groups is 1. The van der Waals surface area contributed by atoms with E-state index < -0.39 is 11.7 Å². The maximum absolute atomic E-state index is 13.6. The Kier molecular flexibility index (Phi) is 10.2. The molecule has 1 atom stereocenters. The topological polar surface area (TPSA) is 131 Å². The molecule has 46 heavy (non-hydrogen) atoms. The molecule has 250 valence electrons. The predicted octanol–water partition coefficient (Wildman–Crippen LogP) is 3.44. The third kappa shape index (κ3) is 8.60. The van der Waals surface area contributed by atoms with Crippen molar-refractivity contribution < 1.29 is 24.2 Å². The molecule has 0 saturated carbocycles. The number of fused-ring (bicyclic) bond motifs is 1. The lowest BCUT2D eigenvalue weighted by Crippen LogP contribution is -2.47. The number of carbonyl (C=O) groups excluding carboxylic acids is 3. The van der Waals surface area contributed by atoms with Crippen LogP contribution in [0, 0.1) is 0 Å². The molecule has 1 aromatic heterocycles. The number of phenolic OH excluding ortho intramolecular Hbond substituents is 1. The van der Waals surface area contributed by atoms with Gasteiger partial charge in [0.15, 0.2) is 0 Å². The Morgan fingerprint density at radius 2 is 1.72 bits per heavy atom. The summed E-state index contributed by atoms with van der Waals surface area (Å²) in [6, 6.07) is 8.92. The number of piperazine rings is 1. The zero-order chi connectivity index (χ0) is 33.0. The van der Waals surface area contributed by atoms with Crippen LogP contribution in [0.4, 0.5) is 16.4 Å². The third-order valence-electron chi connectivity index (χ3n) is 9.01. The van der Waals surface area contributed by atoms with Crippen molar-refractivity contribution in [1.29, 1.82) is 0 Å². The van der Waals surface area contributed by atoms with Gasteiger partial charge in [0.25, 0.3) is 5.91 Å². The number of hydrogen-bond donors (Lipinski definition) is 3. The van der Waals surface area contributed by atoms with Crippen molar-refractivity contribution in [3.63, 3.8) is 0 Å². The molecule has 2 fully saturated rings. The number of anilines is 2. The highest BCUT2D eigenvalue weighted by molar-refractivity contribution is 5.95. The fraction of sp³-hybridized carbons (Fsp3) is 0.588. The number of benzene rings is 1. The Bertz CT molecular complexity index is 1410. The molecule has 1 aromatic carbocycles. The van der Waals surface area contributed by atoms with Gasteiger partial charge in [0.2, 0.25) is 5.91 Å². The lowest BCUT2D eigenvalue weighted by atomic mass is 9.92. The van der Waals surface area contributed by atoms with Crippen LogP contribution >= 0.6 is 0 Å². The second kappa shape index (κ2) is 14.1. The lowest BCUT2D eigenvalue weighted by Gasteiger charge is -2.38. The Morgan fingerprint density at radius 1 is 1.00 bits per heavy atom. The molecule has 3 aliphatic heterocycles. The van der Waals surface area contributed by atoms with Crippen molar-refractivity contribution in [3.05, 3.63) is 47.0 Å². The zero-order valence-electron chi connectivity index (χ0n) is 27.8. The monoisotopic (exact) mass is 635 g/mol. The van der Waals surface area contributed by atoms with Gasteiger partial charge >= 0.3 is 6.09 Å². The van der Waals surface area contributed by atoms with Gasteiger partial charge < -0.3 is 40.1 Å². The molecule has 4 heterocycles. The van der Waals surface area contributed by atoms with Gasteiger partial charge in [0.1, 0.15) is 23.0 Å². The van der Waals surface area contributed by atoms with E-state index in [1.807, 2.05) is 43.9 Å². The second-order valence-corrected chi connectivity index (χ2v) is 13.8. The van der Waals surface area contributed by atoms with E-state index >= 15 is 0 Å². The molecule has 0 spiro atoms. The Balaban J connectivity index is 1.28. The zero-order valence-corrected chi connectivity index (χ0v) is 27.8. The van der Waals surface area contributed by atoms with Crippen molar-refractivity contribution in [3.8, 4) is 5.75 Å². The van der Waals surface area contributed by atoms with Crippen LogP contribution in [-0.4, -0.2) is 113 Å². The molecule has 0 aliphatic carbocycles. The van der Waals surface area contributed by atoms with E-state index in [0.29, 0.717) is 50.4 Å². The molecular formula is C34H49N7O5. The summed E-state index contributed by atoms with van der Waals surface area (Å²) in [5, 5.41) is 16.7. The molecule has 3 aliphatic rings. The summed E-state index contributed by atoms with van der Waals surface area (Å²) in [5.74, 6) is 1.49. The van der Waals surface area contributed by atoms with Crippen LogP contribution in [0.15, 0.2) is 30.3 Å². The van der Waals surface area contributed by atoms with Gasteiger partial charge in [0.05, 0.1) is 0 Å². The Hall–Kier alpha value is -4.06. The lowest BCUT2D eigenvalue weighted by molar-refractivity contribution is -0.129. The fourth-order valence-corrected chi connectivity index (χ4v) is 6.35. The van der Waals surface area contributed by atoms with Gasteiger partial charge in [-0.25, -0.2) is 9.78 Å². The summed E-state index contributed by atoms with van der Waals surface area (Å²) in [6.45, 7) is 12.7. The summed E-state index contributed by atoms with van der Waals surface area (Å²) in [6.07, 6.45) is 2.37. The average Bonchev–Trinajstić information content (AvgIpc) is 3.00. The van der Waals surface area contributed by atoms with Crippen molar-refractivity contribution in [2.24, 2.45) is 0 Å². The number of nitrogens with zero attached hydrogens (tertiary/aromatic N) is 5. The quantitative estimate of drug-likeness (QED) is 0.419. The first-order valence-corrected chi connectivity index (χ1v) is 16.4. The molecule has 5 rings (SSSR count). The Labute approximate surface area is 272 Å². The highest BCUT2D eigenvalue weighted by atomic mass is 16.6. The summed E-state index contributed by atoms with van der Waals surface area (Å²) in [7, 11) is 2.10. The summed E-state index contributed by atoms with van der Waals surface area (Å²) >= 11 is 0. The molecule has 3 N–H and O–H groups in total. The van der Waals surface area contributed by atoms with Crippen LogP contribution in [-0.2, 0) is 22.5 Å². The van der Waals surface area contributed by atoms with Gasteiger partial charge in [-0.05, 0) is 88.9 Å². The van der Waals surface area contributed by atoms with Gasteiger partial charge in [-0.1, -0.05) is 6.07 Å². The SMILES string of the molecule is CC(=O)N1CCC(Nc2cc(C(=O)NCC[C@@H]3Cc4ccc(O)cc4CN3C(=O)OC(C)(C)C)cc(N3CCN(C)CC3)n2)CC1. The molecule has 0 unspecified atom stereocenters. The fourth-order valence-electron chi connectivity index (χ4n) is 6.35. The van der Waals surface area contributed by atoms with Crippen LogP contribution in [0.3, 0.4) is 0 Å². The van der Waals surface area contributed by atoms with E-state index in [-0.39, 0.29) is 29.6 Å². The second-order valence-electron chi connectivity index (χ2n) is 13.8. The number of pyridine rings is 1. The van der Waals surface area contributed by atoms with Crippen molar-refractivity contribution in [2.45, 2.75) is 77.6 Å². The van der Waals surface area contributed by atoms with Crippen LogP contribution in [0.5, 0.6) is 5.75 Å². The van der Waals surface area contributed by atoms with Gasteiger partial charge in [-0.2, -0.15) is 0 Å². The number of nitrogens with one attached hydrogen (secondary N) is 2. The largest absolute Gasteiger partial charge is 0.508 e. The molecule has 3 amide bonds. The summed E-state index contributed by atoms with van der Waals surface area (Å²) in [4.78, 5) is 51.6. The average molecular weight is 636 g/mol. The number of piperidine rings is 1. The third-order valence-corrected chi connectivity index (χ3v) is 9.01.